The third kappa shape index (κ3) is 3.90. The Kier molecular flexibility index (Phi) is 5.14. The Morgan fingerprint density at radius 2 is 2.14 bits per heavy atom. The molecule has 0 aromatic carbocycles. The zero-order valence-corrected chi connectivity index (χ0v) is 16.7. The molecule has 3 aromatic heterocycles. The van der Waals surface area contributed by atoms with Gasteiger partial charge in [-0.2, -0.15) is 0 Å². The zero-order chi connectivity index (χ0) is 20.5. The Bertz CT molecular complexity index is 1090. The molecule has 0 radical (unpaired) electrons. The van der Waals surface area contributed by atoms with Crippen LogP contribution in [-0.4, -0.2) is 55.0 Å². The lowest BCUT2D eigenvalue weighted by molar-refractivity contribution is -0.137. The van der Waals surface area contributed by atoms with Crippen molar-refractivity contribution < 1.29 is 14.0 Å². The third-order valence-corrected chi connectivity index (χ3v) is 5.17. The monoisotopic (exact) mass is 461 g/mol. The standard InChI is InChI=1S/C18H17BrFN7O2/c19-13-2-1-3-14(24-13)25-18(29)12-6-10(20)7-27(12)15(28)8-26-5-4-11-16(21)22-9-23-17(11)26/h1-5,9-10,12H,6-8H2,(H2,21,22,23)(H,24,25,29)/t10-,12-/m1/s1. The molecule has 1 aliphatic heterocycles. The van der Waals surface area contributed by atoms with Gasteiger partial charge in [0.1, 0.15) is 47.0 Å². The minimum Gasteiger partial charge on any atom is -0.383 e. The lowest BCUT2D eigenvalue weighted by Crippen LogP contribution is -2.44. The van der Waals surface area contributed by atoms with Crippen LogP contribution in [0.2, 0.25) is 0 Å². The summed E-state index contributed by atoms with van der Waals surface area (Å²) in [6, 6.07) is 5.85. The number of fused-ring (bicyclic) bond motifs is 1. The van der Waals surface area contributed by atoms with Crippen molar-refractivity contribution in [2.75, 3.05) is 17.6 Å². The summed E-state index contributed by atoms with van der Waals surface area (Å²) in [7, 11) is 0. The summed E-state index contributed by atoms with van der Waals surface area (Å²) in [5.74, 6) is -0.233. The average molecular weight is 462 g/mol. The van der Waals surface area contributed by atoms with E-state index < -0.39 is 18.1 Å². The predicted octanol–water partition coefficient (Wildman–Crippen LogP) is 1.75. The van der Waals surface area contributed by atoms with E-state index in [0.29, 0.717) is 27.3 Å². The minimum atomic E-state index is -1.27. The van der Waals surface area contributed by atoms with Crippen molar-refractivity contribution in [3.63, 3.8) is 0 Å². The quantitative estimate of drug-likeness (QED) is 0.571. The highest BCUT2D eigenvalue weighted by Crippen LogP contribution is 2.24. The Morgan fingerprint density at radius 3 is 2.93 bits per heavy atom. The number of carbonyl (C=O) groups excluding carboxylic acids is 2. The molecule has 150 valence electrons. The van der Waals surface area contributed by atoms with Gasteiger partial charge in [-0.3, -0.25) is 9.59 Å². The molecule has 2 atom stereocenters. The molecule has 1 fully saturated rings. The second-order valence-corrected chi connectivity index (χ2v) is 7.48. The van der Waals surface area contributed by atoms with E-state index in [1.807, 2.05) is 0 Å². The van der Waals surface area contributed by atoms with Gasteiger partial charge in [-0.1, -0.05) is 6.07 Å². The van der Waals surface area contributed by atoms with Crippen LogP contribution in [0.4, 0.5) is 16.0 Å². The molecule has 0 saturated carbocycles. The fourth-order valence-corrected chi connectivity index (χ4v) is 3.73. The van der Waals surface area contributed by atoms with Gasteiger partial charge in [0.15, 0.2) is 0 Å². The second kappa shape index (κ2) is 7.74. The van der Waals surface area contributed by atoms with Crippen molar-refractivity contribution in [2.45, 2.75) is 25.2 Å². The highest BCUT2D eigenvalue weighted by atomic mass is 79.9. The summed E-state index contributed by atoms with van der Waals surface area (Å²) in [4.78, 5) is 39.0. The van der Waals surface area contributed by atoms with Crippen LogP contribution < -0.4 is 11.1 Å². The molecule has 0 bridgehead atoms. The van der Waals surface area contributed by atoms with Gasteiger partial charge in [0.2, 0.25) is 11.8 Å². The van der Waals surface area contributed by atoms with E-state index in [4.69, 9.17) is 5.73 Å². The average Bonchev–Trinajstić information content (AvgIpc) is 3.26. The number of nitrogens with one attached hydrogen (secondary N) is 1. The van der Waals surface area contributed by atoms with E-state index in [0.717, 1.165) is 0 Å². The number of likely N-dealkylation sites (tertiary alicyclic amines) is 1. The number of aromatic nitrogens is 4. The molecule has 2 amide bonds. The molecule has 0 unspecified atom stereocenters. The third-order valence-electron chi connectivity index (χ3n) is 4.73. The second-order valence-electron chi connectivity index (χ2n) is 6.67. The number of nitrogens with two attached hydrogens (primary N) is 1. The molecule has 29 heavy (non-hydrogen) atoms. The smallest absolute Gasteiger partial charge is 0.248 e. The molecule has 1 saturated heterocycles. The topological polar surface area (TPSA) is 119 Å². The predicted molar refractivity (Wildman–Crippen MR) is 108 cm³/mol. The summed E-state index contributed by atoms with van der Waals surface area (Å²) < 4.78 is 16.2. The first-order chi connectivity index (χ1) is 13.9. The maximum Gasteiger partial charge on any atom is 0.248 e. The number of nitrogen functional groups attached to an aromatic ring is 1. The van der Waals surface area contributed by atoms with Crippen LogP contribution in [0.15, 0.2) is 41.4 Å². The number of pyridine rings is 1. The van der Waals surface area contributed by atoms with Crippen LogP contribution in [0.1, 0.15) is 6.42 Å². The van der Waals surface area contributed by atoms with E-state index in [-0.39, 0.29) is 25.4 Å². The Hall–Kier alpha value is -3.08. The number of nitrogens with zero attached hydrogens (tertiary/aromatic N) is 5. The molecule has 1 aliphatic rings. The first-order valence-corrected chi connectivity index (χ1v) is 9.64. The van der Waals surface area contributed by atoms with E-state index in [1.165, 1.54) is 11.2 Å². The molecule has 3 aromatic rings. The Morgan fingerprint density at radius 1 is 1.31 bits per heavy atom. The summed E-state index contributed by atoms with van der Waals surface area (Å²) >= 11 is 3.23. The van der Waals surface area contributed by atoms with Crippen LogP contribution in [-0.2, 0) is 16.1 Å². The molecule has 9 nitrogen and oxygen atoms in total. The lowest BCUT2D eigenvalue weighted by atomic mass is 10.2. The SMILES string of the molecule is Nc1ncnc2c1ccn2CC(=O)N1C[C@H](F)C[C@@H]1C(=O)Nc1cccc(Br)n1. The van der Waals surface area contributed by atoms with Crippen molar-refractivity contribution in [3.05, 3.63) is 41.4 Å². The molecular weight excluding hydrogens is 445 g/mol. The summed E-state index contributed by atoms with van der Waals surface area (Å²) in [6.45, 7) is -0.231. The highest BCUT2D eigenvalue weighted by molar-refractivity contribution is 9.10. The maximum absolute atomic E-state index is 14.1. The van der Waals surface area contributed by atoms with Gasteiger partial charge in [-0.05, 0) is 34.1 Å². The van der Waals surface area contributed by atoms with Crippen molar-refractivity contribution in [1.29, 1.82) is 0 Å². The summed E-state index contributed by atoms with van der Waals surface area (Å²) in [5, 5.41) is 3.27. The van der Waals surface area contributed by atoms with Crippen molar-refractivity contribution in [2.24, 2.45) is 0 Å². The van der Waals surface area contributed by atoms with Crippen LogP contribution in [0.25, 0.3) is 11.0 Å². The molecule has 4 rings (SSSR count). The highest BCUT2D eigenvalue weighted by Gasteiger charge is 2.40. The molecule has 4 heterocycles. The van der Waals surface area contributed by atoms with Gasteiger partial charge < -0.3 is 20.5 Å². The first kappa shape index (κ1) is 19.2. The van der Waals surface area contributed by atoms with Crippen LogP contribution in [0.5, 0.6) is 0 Å². The largest absolute Gasteiger partial charge is 0.383 e. The number of anilines is 2. The Balaban J connectivity index is 1.51. The number of hydrogen-bond donors (Lipinski definition) is 2. The number of alkyl halides is 1. The van der Waals surface area contributed by atoms with Gasteiger partial charge >= 0.3 is 0 Å². The Labute approximate surface area is 173 Å². The normalized spacial score (nSPS) is 18.9. The van der Waals surface area contributed by atoms with Crippen molar-refractivity contribution in [1.82, 2.24) is 24.4 Å². The molecule has 11 heteroatoms. The van der Waals surface area contributed by atoms with Gasteiger partial charge in [0.05, 0.1) is 11.9 Å². The number of halogens is 2. The number of hydrogen-bond acceptors (Lipinski definition) is 6. The van der Waals surface area contributed by atoms with Gasteiger partial charge in [0, 0.05) is 12.6 Å². The number of amides is 2. The fraction of sp³-hybridized carbons (Fsp3) is 0.278. The van der Waals surface area contributed by atoms with Crippen LogP contribution >= 0.6 is 15.9 Å². The molecule has 3 N–H and O–H groups in total. The van der Waals surface area contributed by atoms with Gasteiger partial charge in [0.25, 0.3) is 0 Å². The number of rotatable bonds is 4. The van der Waals surface area contributed by atoms with E-state index >= 15 is 0 Å². The minimum absolute atomic E-state index is 0.0624. The van der Waals surface area contributed by atoms with Crippen LogP contribution in [0, 0.1) is 0 Å². The van der Waals surface area contributed by atoms with E-state index in [9.17, 15) is 14.0 Å². The summed E-state index contributed by atoms with van der Waals surface area (Å²) in [6.07, 6.45) is 1.64. The molecule has 0 spiro atoms. The molecular formula is C18H17BrFN7O2. The zero-order valence-electron chi connectivity index (χ0n) is 15.1. The van der Waals surface area contributed by atoms with E-state index in [1.54, 1.807) is 35.0 Å². The lowest BCUT2D eigenvalue weighted by Gasteiger charge is -2.23. The van der Waals surface area contributed by atoms with E-state index in [2.05, 4.69) is 36.2 Å². The molecule has 0 aliphatic carbocycles. The van der Waals surface area contributed by atoms with Crippen molar-refractivity contribution in [3.8, 4) is 0 Å². The number of carbonyl (C=O) groups is 2. The van der Waals surface area contributed by atoms with Crippen molar-refractivity contribution >= 4 is 50.4 Å². The van der Waals surface area contributed by atoms with Gasteiger partial charge in [-0.25, -0.2) is 19.3 Å². The fourth-order valence-electron chi connectivity index (χ4n) is 3.38. The summed E-state index contributed by atoms with van der Waals surface area (Å²) in [5.41, 5.74) is 6.32. The maximum atomic E-state index is 14.1. The first-order valence-electron chi connectivity index (χ1n) is 8.84. The van der Waals surface area contributed by atoms with Gasteiger partial charge in [-0.15, -0.1) is 0 Å². The van der Waals surface area contributed by atoms with Crippen LogP contribution in [0.3, 0.4) is 0 Å².